The number of anilines is 3. The maximum absolute atomic E-state index is 13.1. The molecule has 0 saturated heterocycles. The van der Waals surface area contributed by atoms with Gasteiger partial charge >= 0.3 is 6.18 Å². The maximum Gasteiger partial charge on any atom is 0.433 e. The van der Waals surface area contributed by atoms with Crippen molar-refractivity contribution >= 4 is 17.1 Å². The van der Waals surface area contributed by atoms with Crippen molar-refractivity contribution in [3.8, 4) is 5.75 Å². The first-order chi connectivity index (χ1) is 9.81. The van der Waals surface area contributed by atoms with Gasteiger partial charge in [0, 0.05) is 6.07 Å². The van der Waals surface area contributed by atoms with Crippen molar-refractivity contribution < 1.29 is 22.3 Å². The molecule has 2 rings (SSSR count). The van der Waals surface area contributed by atoms with Crippen LogP contribution in [0.2, 0.25) is 0 Å². The first-order valence-corrected chi connectivity index (χ1v) is 5.74. The highest BCUT2D eigenvalue weighted by Gasteiger charge is 2.33. The van der Waals surface area contributed by atoms with Gasteiger partial charge < -0.3 is 15.8 Å². The Kier molecular flexibility index (Phi) is 3.88. The van der Waals surface area contributed by atoms with Crippen LogP contribution in [-0.2, 0) is 6.18 Å². The topological polar surface area (TPSA) is 60.2 Å². The Labute approximate surface area is 117 Å². The zero-order valence-electron chi connectivity index (χ0n) is 10.8. The van der Waals surface area contributed by atoms with Crippen LogP contribution in [0, 0.1) is 5.82 Å². The van der Waals surface area contributed by atoms with Crippen molar-refractivity contribution in [2.24, 2.45) is 0 Å². The highest BCUT2D eigenvalue weighted by molar-refractivity contribution is 5.75. The molecule has 0 fully saturated rings. The number of nitrogens with one attached hydrogen (secondary N) is 1. The molecule has 0 aliphatic carbocycles. The summed E-state index contributed by atoms with van der Waals surface area (Å²) in [5, 5.41) is 2.67. The second-order valence-electron chi connectivity index (χ2n) is 4.12. The molecule has 21 heavy (non-hydrogen) atoms. The van der Waals surface area contributed by atoms with Crippen molar-refractivity contribution in [3.63, 3.8) is 0 Å². The van der Waals surface area contributed by atoms with E-state index in [4.69, 9.17) is 10.5 Å². The normalized spacial score (nSPS) is 11.3. The summed E-state index contributed by atoms with van der Waals surface area (Å²) in [6.45, 7) is 0. The fourth-order valence-electron chi connectivity index (χ4n) is 1.64. The number of methoxy groups -OCH3 is 1. The molecule has 0 aliphatic heterocycles. The van der Waals surface area contributed by atoms with Gasteiger partial charge in [0.1, 0.15) is 17.3 Å². The van der Waals surface area contributed by atoms with Gasteiger partial charge in [-0.2, -0.15) is 13.2 Å². The van der Waals surface area contributed by atoms with E-state index in [9.17, 15) is 17.6 Å². The number of alkyl halides is 3. The first-order valence-electron chi connectivity index (χ1n) is 5.74. The van der Waals surface area contributed by atoms with Crippen LogP contribution in [0.25, 0.3) is 0 Å². The van der Waals surface area contributed by atoms with Crippen LogP contribution in [0.1, 0.15) is 5.69 Å². The van der Waals surface area contributed by atoms with E-state index in [1.165, 1.54) is 13.2 Å². The quantitative estimate of drug-likeness (QED) is 0.851. The molecule has 0 bridgehead atoms. The van der Waals surface area contributed by atoms with Crippen LogP contribution >= 0.6 is 0 Å². The van der Waals surface area contributed by atoms with Gasteiger partial charge in [0.2, 0.25) is 0 Å². The molecular weight excluding hydrogens is 290 g/mol. The number of nitrogens with two attached hydrogens (primary N) is 1. The molecule has 3 N–H and O–H groups in total. The third-order valence-electron chi connectivity index (χ3n) is 2.66. The summed E-state index contributed by atoms with van der Waals surface area (Å²) in [5.74, 6) is -0.393. The van der Waals surface area contributed by atoms with Gasteiger partial charge in [0.25, 0.3) is 0 Å². The van der Waals surface area contributed by atoms with Gasteiger partial charge in [-0.05, 0) is 18.2 Å². The van der Waals surface area contributed by atoms with Gasteiger partial charge in [0.05, 0.1) is 30.4 Å². The SMILES string of the molecule is COc1cc(F)ccc1Nc1cc(C(F)(F)F)ncc1N. The zero-order chi connectivity index (χ0) is 15.6. The number of rotatable bonds is 3. The Morgan fingerprint density at radius 1 is 1.19 bits per heavy atom. The molecular formula is C13H11F4N3O. The van der Waals surface area contributed by atoms with E-state index in [2.05, 4.69) is 10.3 Å². The summed E-state index contributed by atoms with van der Waals surface area (Å²) in [7, 11) is 1.32. The monoisotopic (exact) mass is 301 g/mol. The van der Waals surface area contributed by atoms with Crippen LogP contribution in [0.15, 0.2) is 30.5 Å². The van der Waals surface area contributed by atoms with Crippen LogP contribution in [-0.4, -0.2) is 12.1 Å². The lowest BCUT2D eigenvalue weighted by molar-refractivity contribution is -0.141. The molecule has 2 aromatic rings. The number of hydrogen-bond donors (Lipinski definition) is 2. The van der Waals surface area contributed by atoms with Gasteiger partial charge in [-0.1, -0.05) is 0 Å². The molecule has 4 nitrogen and oxygen atoms in total. The molecule has 0 aliphatic rings. The number of nitrogens with zero attached hydrogens (tertiary/aromatic N) is 1. The second-order valence-corrected chi connectivity index (χ2v) is 4.12. The van der Waals surface area contributed by atoms with Crippen LogP contribution in [0.4, 0.5) is 34.6 Å². The molecule has 0 amide bonds. The van der Waals surface area contributed by atoms with Crippen LogP contribution in [0.3, 0.4) is 0 Å². The van der Waals surface area contributed by atoms with Gasteiger partial charge in [-0.3, -0.25) is 0 Å². The fourth-order valence-corrected chi connectivity index (χ4v) is 1.64. The molecule has 0 atom stereocenters. The van der Waals surface area contributed by atoms with Crippen molar-refractivity contribution in [3.05, 3.63) is 42.0 Å². The van der Waals surface area contributed by atoms with Gasteiger partial charge in [-0.25, -0.2) is 9.37 Å². The summed E-state index contributed by atoms with van der Waals surface area (Å²) in [4.78, 5) is 3.23. The lowest BCUT2D eigenvalue weighted by atomic mass is 10.2. The molecule has 8 heteroatoms. The largest absolute Gasteiger partial charge is 0.494 e. The average Bonchev–Trinajstić information content (AvgIpc) is 2.41. The summed E-state index contributed by atoms with van der Waals surface area (Å²) < 4.78 is 55.9. The Balaban J connectivity index is 2.40. The lowest BCUT2D eigenvalue weighted by Gasteiger charge is -2.14. The number of benzene rings is 1. The molecule has 0 saturated carbocycles. The Hall–Kier alpha value is -2.51. The van der Waals surface area contributed by atoms with E-state index in [0.29, 0.717) is 0 Å². The van der Waals surface area contributed by atoms with E-state index in [1.807, 2.05) is 0 Å². The van der Waals surface area contributed by atoms with Gasteiger partial charge in [0.15, 0.2) is 0 Å². The van der Waals surface area contributed by atoms with Crippen molar-refractivity contribution in [2.45, 2.75) is 6.18 Å². The second kappa shape index (κ2) is 5.47. The average molecular weight is 301 g/mol. The van der Waals surface area contributed by atoms with Gasteiger partial charge in [-0.15, -0.1) is 0 Å². The molecule has 1 aromatic heterocycles. The third-order valence-corrected chi connectivity index (χ3v) is 2.66. The minimum Gasteiger partial charge on any atom is -0.494 e. The molecule has 0 radical (unpaired) electrons. The predicted octanol–water partition coefficient (Wildman–Crippen LogP) is 3.57. The van der Waals surface area contributed by atoms with E-state index in [-0.39, 0.29) is 22.8 Å². The minimum atomic E-state index is -4.59. The van der Waals surface area contributed by atoms with Crippen LogP contribution < -0.4 is 15.8 Å². The highest BCUT2D eigenvalue weighted by atomic mass is 19.4. The standard InChI is InChI=1S/C13H11F4N3O/c1-21-11-4-7(14)2-3-9(11)20-10-5-12(13(15,16)17)19-6-8(10)18/h2-6H,18H2,1H3,(H,19,20). The van der Waals surface area contributed by atoms with E-state index in [1.54, 1.807) is 0 Å². The summed E-state index contributed by atoms with van der Waals surface area (Å²) in [6, 6.07) is 4.36. The molecule has 112 valence electrons. The number of nitrogen functional groups attached to an aromatic ring is 1. The number of hydrogen-bond acceptors (Lipinski definition) is 4. The Bertz CT molecular complexity index is 658. The molecule has 0 unspecified atom stereocenters. The molecule has 1 heterocycles. The molecule has 0 spiro atoms. The zero-order valence-corrected chi connectivity index (χ0v) is 10.8. The minimum absolute atomic E-state index is 0.00207. The third kappa shape index (κ3) is 3.33. The van der Waals surface area contributed by atoms with E-state index >= 15 is 0 Å². The fraction of sp³-hybridized carbons (Fsp3) is 0.154. The summed E-state index contributed by atoms with van der Waals surface area (Å²) >= 11 is 0. The van der Waals surface area contributed by atoms with Crippen LogP contribution in [0.5, 0.6) is 5.75 Å². The number of aromatic nitrogens is 1. The predicted molar refractivity (Wildman–Crippen MR) is 69.9 cm³/mol. The maximum atomic E-state index is 13.1. The number of ether oxygens (including phenoxy) is 1. The van der Waals surface area contributed by atoms with Crippen molar-refractivity contribution in [2.75, 3.05) is 18.2 Å². The van der Waals surface area contributed by atoms with Crippen molar-refractivity contribution in [1.82, 2.24) is 4.98 Å². The number of halogens is 4. The Morgan fingerprint density at radius 2 is 1.90 bits per heavy atom. The highest BCUT2D eigenvalue weighted by Crippen LogP contribution is 2.34. The molecule has 1 aromatic carbocycles. The van der Waals surface area contributed by atoms with E-state index < -0.39 is 17.7 Å². The Morgan fingerprint density at radius 3 is 2.52 bits per heavy atom. The van der Waals surface area contributed by atoms with Crippen molar-refractivity contribution in [1.29, 1.82) is 0 Å². The van der Waals surface area contributed by atoms with E-state index in [0.717, 1.165) is 24.4 Å². The lowest BCUT2D eigenvalue weighted by Crippen LogP contribution is -2.09. The number of pyridine rings is 1. The summed E-state index contributed by atoms with van der Waals surface area (Å²) in [5.41, 5.74) is 4.82. The smallest absolute Gasteiger partial charge is 0.433 e. The first kappa shape index (κ1) is 14.9. The summed E-state index contributed by atoms with van der Waals surface area (Å²) in [6.07, 6.45) is -3.68.